The van der Waals surface area contributed by atoms with Crippen molar-refractivity contribution in [1.82, 2.24) is 9.55 Å². The fourth-order valence-electron chi connectivity index (χ4n) is 2.82. The molecule has 1 unspecified atom stereocenters. The highest BCUT2D eigenvalue weighted by Gasteiger charge is 2.17. The van der Waals surface area contributed by atoms with E-state index in [9.17, 15) is 5.11 Å². The fraction of sp³-hybridized carbons (Fsp3) is 0.400. The molecular formula is C15H18N2O. The second kappa shape index (κ2) is 4.94. The minimum Gasteiger partial charge on any atom is -0.387 e. The van der Waals surface area contributed by atoms with Crippen molar-refractivity contribution in [3.8, 4) is 0 Å². The molecule has 1 aliphatic rings. The van der Waals surface area contributed by atoms with Crippen LogP contribution in [-0.2, 0) is 19.4 Å². The molecule has 1 aromatic carbocycles. The first-order valence-corrected chi connectivity index (χ1v) is 6.59. The summed E-state index contributed by atoms with van der Waals surface area (Å²) in [7, 11) is 0. The standard InChI is InChI=1S/C15H18N2O/c18-15(10-17-9-8-16-11-17)14-7-3-5-12-4-1-2-6-13(12)14/h3,5,7-9,11,15,18H,1-2,4,6,10H2. The highest BCUT2D eigenvalue weighted by molar-refractivity contribution is 5.38. The number of rotatable bonds is 3. The summed E-state index contributed by atoms with van der Waals surface area (Å²) >= 11 is 0. The molecule has 94 valence electrons. The molecule has 0 aliphatic heterocycles. The summed E-state index contributed by atoms with van der Waals surface area (Å²) in [6.07, 6.45) is 9.71. The predicted molar refractivity (Wildman–Crippen MR) is 70.3 cm³/mol. The lowest BCUT2D eigenvalue weighted by Gasteiger charge is -2.22. The van der Waals surface area contributed by atoms with Crippen LogP contribution in [0, 0.1) is 0 Å². The van der Waals surface area contributed by atoms with E-state index in [0.29, 0.717) is 6.54 Å². The zero-order chi connectivity index (χ0) is 12.4. The number of aliphatic hydroxyl groups excluding tert-OH is 1. The number of aromatic nitrogens is 2. The first kappa shape index (κ1) is 11.5. The van der Waals surface area contributed by atoms with Gasteiger partial charge in [-0.15, -0.1) is 0 Å². The Morgan fingerprint density at radius 3 is 3.00 bits per heavy atom. The van der Waals surface area contributed by atoms with Crippen LogP contribution in [0.5, 0.6) is 0 Å². The van der Waals surface area contributed by atoms with Gasteiger partial charge in [0.05, 0.1) is 19.0 Å². The largest absolute Gasteiger partial charge is 0.387 e. The highest BCUT2D eigenvalue weighted by Crippen LogP contribution is 2.28. The Hall–Kier alpha value is -1.61. The predicted octanol–water partition coefficient (Wildman–Crippen LogP) is 2.50. The van der Waals surface area contributed by atoms with E-state index in [2.05, 4.69) is 23.2 Å². The van der Waals surface area contributed by atoms with Crippen molar-refractivity contribution in [3.05, 3.63) is 53.6 Å². The van der Waals surface area contributed by atoms with Gasteiger partial charge in [0, 0.05) is 12.4 Å². The van der Waals surface area contributed by atoms with Crippen LogP contribution in [-0.4, -0.2) is 14.7 Å². The third kappa shape index (κ3) is 2.18. The van der Waals surface area contributed by atoms with E-state index in [1.807, 2.05) is 10.8 Å². The summed E-state index contributed by atoms with van der Waals surface area (Å²) in [5, 5.41) is 10.4. The van der Waals surface area contributed by atoms with Crippen LogP contribution >= 0.6 is 0 Å². The first-order valence-electron chi connectivity index (χ1n) is 6.59. The maximum Gasteiger partial charge on any atom is 0.0972 e. The van der Waals surface area contributed by atoms with Crippen molar-refractivity contribution in [2.45, 2.75) is 38.3 Å². The van der Waals surface area contributed by atoms with Crippen LogP contribution in [0.2, 0.25) is 0 Å². The maximum absolute atomic E-state index is 10.4. The van der Waals surface area contributed by atoms with Gasteiger partial charge in [-0.25, -0.2) is 4.98 Å². The van der Waals surface area contributed by atoms with Crippen molar-refractivity contribution >= 4 is 0 Å². The van der Waals surface area contributed by atoms with Gasteiger partial charge in [0.25, 0.3) is 0 Å². The lowest BCUT2D eigenvalue weighted by molar-refractivity contribution is 0.155. The van der Waals surface area contributed by atoms with Gasteiger partial charge < -0.3 is 9.67 Å². The third-order valence-electron chi connectivity index (χ3n) is 3.73. The lowest BCUT2D eigenvalue weighted by atomic mass is 9.86. The average molecular weight is 242 g/mol. The molecule has 1 aliphatic carbocycles. The summed E-state index contributed by atoms with van der Waals surface area (Å²) in [6, 6.07) is 6.32. The highest BCUT2D eigenvalue weighted by atomic mass is 16.3. The smallest absolute Gasteiger partial charge is 0.0972 e. The molecule has 2 aromatic rings. The van der Waals surface area contributed by atoms with Crippen LogP contribution in [0.4, 0.5) is 0 Å². The number of benzene rings is 1. The van der Waals surface area contributed by atoms with Crippen LogP contribution in [0.25, 0.3) is 0 Å². The number of imidazole rings is 1. The molecule has 1 heterocycles. The topological polar surface area (TPSA) is 38.0 Å². The molecule has 1 aromatic heterocycles. The molecule has 0 radical (unpaired) electrons. The number of fused-ring (bicyclic) bond motifs is 1. The number of hydrogen-bond acceptors (Lipinski definition) is 2. The average Bonchev–Trinajstić information content (AvgIpc) is 2.91. The maximum atomic E-state index is 10.4. The Balaban J connectivity index is 1.87. The van der Waals surface area contributed by atoms with E-state index in [-0.39, 0.29) is 0 Å². The van der Waals surface area contributed by atoms with Gasteiger partial charge in [-0.1, -0.05) is 18.2 Å². The summed E-state index contributed by atoms with van der Waals surface area (Å²) in [5.74, 6) is 0. The Morgan fingerprint density at radius 1 is 1.28 bits per heavy atom. The van der Waals surface area contributed by atoms with Crippen molar-refractivity contribution in [3.63, 3.8) is 0 Å². The molecule has 3 nitrogen and oxygen atoms in total. The molecule has 0 amide bonds. The van der Waals surface area contributed by atoms with E-state index < -0.39 is 6.10 Å². The first-order chi connectivity index (χ1) is 8.84. The lowest BCUT2D eigenvalue weighted by Crippen LogP contribution is -2.13. The molecule has 0 saturated carbocycles. The summed E-state index contributed by atoms with van der Waals surface area (Å²) in [6.45, 7) is 0.580. The van der Waals surface area contributed by atoms with E-state index in [1.54, 1.807) is 12.5 Å². The van der Waals surface area contributed by atoms with E-state index in [1.165, 1.54) is 24.0 Å². The second-order valence-electron chi connectivity index (χ2n) is 4.97. The van der Waals surface area contributed by atoms with Crippen molar-refractivity contribution < 1.29 is 5.11 Å². The Bertz CT molecular complexity index is 519. The molecular weight excluding hydrogens is 224 g/mol. The normalized spacial score (nSPS) is 16.3. The Labute approximate surface area is 107 Å². The van der Waals surface area contributed by atoms with Crippen LogP contribution in [0.15, 0.2) is 36.9 Å². The van der Waals surface area contributed by atoms with Gasteiger partial charge in [0.2, 0.25) is 0 Å². The summed E-state index contributed by atoms with van der Waals surface area (Å²) in [4.78, 5) is 4.01. The van der Waals surface area contributed by atoms with Gasteiger partial charge in [-0.2, -0.15) is 0 Å². The van der Waals surface area contributed by atoms with E-state index in [0.717, 1.165) is 18.4 Å². The van der Waals surface area contributed by atoms with Crippen LogP contribution < -0.4 is 0 Å². The van der Waals surface area contributed by atoms with Crippen molar-refractivity contribution in [2.75, 3.05) is 0 Å². The van der Waals surface area contributed by atoms with Crippen molar-refractivity contribution in [1.29, 1.82) is 0 Å². The molecule has 1 N–H and O–H groups in total. The van der Waals surface area contributed by atoms with Crippen LogP contribution in [0.3, 0.4) is 0 Å². The molecule has 3 rings (SSSR count). The van der Waals surface area contributed by atoms with Gasteiger partial charge in [-0.05, 0) is 42.4 Å². The SMILES string of the molecule is OC(Cn1ccnc1)c1cccc2c1CCCC2. The molecule has 0 bridgehead atoms. The molecule has 0 spiro atoms. The van der Waals surface area contributed by atoms with E-state index in [4.69, 9.17) is 0 Å². The van der Waals surface area contributed by atoms with Gasteiger partial charge in [-0.3, -0.25) is 0 Å². The fourth-order valence-corrected chi connectivity index (χ4v) is 2.82. The number of hydrogen-bond donors (Lipinski definition) is 1. The number of nitrogens with zero attached hydrogens (tertiary/aromatic N) is 2. The quantitative estimate of drug-likeness (QED) is 0.898. The Kier molecular flexibility index (Phi) is 3.15. The number of aliphatic hydroxyl groups is 1. The zero-order valence-corrected chi connectivity index (χ0v) is 10.4. The molecule has 0 fully saturated rings. The molecule has 18 heavy (non-hydrogen) atoms. The van der Waals surface area contributed by atoms with Gasteiger partial charge in [0.1, 0.15) is 0 Å². The molecule has 1 atom stereocenters. The second-order valence-corrected chi connectivity index (χ2v) is 4.97. The summed E-state index contributed by atoms with van der Waals surface area (Å²) < 4.78 is 1.92. The van der Waals surface area contributed by atoms with Gasteiger partial charge >= 0.3 is 0 Å². The molecule has 3 heteroatoms. The zero-order valence-electron chi connectivity index (χ0n) is 10.4. The minimum absolute atomic E-state index is 0.438. The van der Waals surface area contributed by atoms with Gasteiger partial charge in [0.15, 0.2) is 0 Å². The van der Waals surface area contributed by atoms with Crippen LogP contribution in [0.1, 0.15) is 35.6 Å². The van der Waals surface area contributed by atoms with E-state index >= 15 is 0 Å². The monoisotopic (exact) mass is 242 g/mol. The van der Waals surface area contributed by atoms with Crippen molar-refractivity contribution in [2.24, 2.45) is 0 Å². The molecule has 0 saturated heterocycles. The minimum atomic E-state index is -0.438. The summed E-state index contributed by atoms with van der Waals surface area (Å²) in [5.41, 5.74) is 3.89. The Morgan fingerprint density at radius 2 is 2.17 bits per heavy atom. The number of aryl methyl sites for hydroxylation is 1. The third-order valence-corrected chi connectivity index (χ3v) is 3.73.